The van der Waals surface area contributed by atoms with Crippen LogP contribution in [0.15, 0.2) is 47.3 Å². The molecule has 10 heteroatoms. The Kier molecular flexibility index (Phi) is 7.05. The first-order valence-corrected chi connectivity index (χ1v) is 13.7. The second-order valence-electron chi connectivity index (χ2n) is 10.5. The molecule has 2 unspecified atom stereocenters. The molecule has 2 fully saturated rings. The topological polar surface area (TPSA) is 101 Å². The molecule has 1 N–H and O–H groups in total. The Morgan fingerprint density at radius 2 is 1.95 bits per heavy atom. The van der Waals surface area contributed by atoms with Crippen molar-refractivity contribution in [3.8, 4) is 5.75 Å². The molecule has 0 amide bonds. The van der Waals surface area contributed by atoms with Gasteiger partial charge in [-0.05, 0) is 72.5 Å². The van der Waals surface area contributed by atoms with E-state index in [0.29, 0.717) is 17.9 Å². The van der Waals surface area contributed by atoms with Crippen molar-refractivity contribution in [1.82, 2.24) is 30.1 Å². The lowest BCUT2D eigenvalue weighted by Crippen LogP contribution is -2.49. The molecule has 2 aliphatic rings. The summed E-state index contributed by atoms with van der Waals surface area (Å²) in [6.07, 6.45) is 2.10. The highest BCUT2D eigenvalue weighted by atomic mass is 16.5. The Morgan fingerprint density at radius 1 is 1.13 bits per heavy atom. The summed E-state index contributed by atoms with van der Waals surface area (Å²) in [5.74, 6) is 1.53. The molecule has 10 nitrogen and oxygen atoms in total. The zero-order chi connectivity index (χ0) is 26.9. The van der Waals surface area contributed by atoms with Gasteiger partial charge in [0, 0.05) is 49.3 Å². The van der Waals surface area contributed by atoms with Crippen molar-refractivity contribution in [2.45, 2.75) is 45.4 Å². The predicted octanol–water partition coefficient (Wildman–Crippen LogP) is 3.23. The molecule has 0 bridgehead atoms. The van der Waals surface area contributed by atoms with Gasteiger partial charge in [-0.2, -0.15) is 0 Å². The van der Waals surface area contributed by atoms with Crippen LogP contribution < -0.4 is 15.2 Å². The molecule has 0 aliphatic carbocycles. The molecule has 39 heavy (non-hydrogen) atoms. The van der Waals surface area contributed by atoms with Gasteiger partial charge in [-0.25, -0.2) is 4.68 Å². The third kappa shape index (κ3) is 5.02. The molecule has 2 aliphatic heterocycles. The molecule has 0 radical (unpaired) electrons. The molecule has 2 saturated heterocycles. The van der Waals surface area contributed by atoms with E-state index in [9.17, 15) is 4.79 Å². The fraction of sp³-hybridized carbons (Fsp3) is 0.448. The number of fused-ring (bicyclic) bond motifs is 1. The number of piperazine rings is 1. The van der Waals surface area contributed by atoms with Gasteiger partial charge in [0.1, 0.15) is 11.8 Å². The summed E-state index contributed by atoms with van der Waals surface area (Å²) in [6.45, 7) is 8.51. The van der Waals surface area contributed by atoms with Gasteiger partial charge in [0.15, 0.2) is 5.82 Å². The van der Waals surface area contributed by atoms with E-state index >= 15 is 0 Å². The largest absolute Gasteiger partial charge is 0.495 e. The second-order valence-corrected chi connectivity index (χ2v) is 10.5. The normalized spacial score (nSPS) is 19.1. The van der Waals surface area contributed by atoms with Crippen LogP contribution in [0.4, 0.5) is 5.69 Å². The minimum atomic E-state index is -0.393. The second kappa shape index (κ2) is 10.8. The molecule has 4 heterocycles. The number of nitrogens with one attached hydrogen (secondary N) is 1. The van der Waals surface area contributed by atoms with Crippen molar-refractivity contribution in [3.05, 3.63) is 75.3 Å². The number of nitrogens with zero attached hydrogens (tertiary/aromatic N) is 6. The maximum Gasteiger partial charge on any atom is 0.253 e. The first kappa shape index (κ1) is 25.5. The van der Waals surface area contributed by atoms with Crippen LogP contribution in [0, 0.1) is 13.8 Å². The van der Waals surface area contributed by atoms with Crippen molar-refractivity contribution in [1.29, 1.82) is 0 Å². The van der Waals surface area contributed by atoms with Gasteiger partial charge in [0.2, 0.25) is 0 Å². The highest BCUT2D eigenvalue weighted by Crippen LogP contribution is 2.33. The van der Waals surface area contributed by atoms with E-state index in [1.54, 1.807) is 7.11 Å². The summed E-state index contributed by atoms with van der Waals surface area (Å²) < 4.78 is 13.3. The molecular weight excluding hydrogens is 494 g/mol. The summed E-state index contributed by atoms with van der Waals surface area (Å²) in [5, 5.41) is 13.9. The zero-order valence-electron chi connectivity index (χ0n) is 22.8. The number of tetrazole rings is 1. The maximum absolute atomic E-state index is 13.6. The average molecular weight is 530 g/mol. The molecule has 2 aromatic heterocycles. The third-order valence-electron chi connectivity index (χ3n) is 7.95. The predicted molar refractivity (Wildman–Crippen MR) is 149 cm³/mol. The van der Waals surface area contributed by atoms with Crippen molar-refractivity contribution < 1.29 is 9.47 Å². The van der Waals surface area contributed by atoms with Crippen LogP contribution in [0.3, 0.4) is 0 Å². The van der Waals surface area contributed by atoms with E-state index in [1.165, 1.54) is 0 Å². The zero-order valence-corrected chi connectivity index (χ0v) is 22.8. The number of H-pyrrole nitrogens is 1. The maximum atomic E-state index is 13.6. The lowest BCUT2D eigenvalue weighted by molar-refractivity contribution is 0.0906. The molecule has 4 aromatic rings. The Morgan fingerprint density at radius 3 is 2.72 bits per heavy atom. The van der Waals surface area contributed by atoms with E-state index in [2.05, 4.69) is 49.4 Å². The number of hydrogen-bond acceptors (Lipinski definition) is 8. The Bertz CT molecular complexity index is 1520. The number of pyridine rings is 1. The van der Waals surface area contributed by atoms with E-state index in [-0.39, 0.29) is 11.7 Å². The minimum Gasteiger partial charge on any atom is -0.495 e. The van der Waals surface area contributed by atoms with Crippen LogP contribution in [0.2, 0.25) is 0 Å². The summed E-state index contributed by atoms with van der Waals surface area (Å²) in [7, 11) is 1.70. The standard InChI is InChI=1S/C29H35N7O3/c1-19-15-20(2)22-17-23(29(37)30-24(22)16-19)27(28-31-32-33-36(28)18-21-7-6-14-39-21)35-12-10-34(11-13-35)25-8-4-5-9-26(25)38-3/h4-5,8-9,15-17,21,27H,6-7,10-14,18H2,1-3H3,(H,30,37). The lowest BCUT2D eigenvalue weighted by Gasteiger charge is -2.40. The van der Waals surface area contributed by atoms with Crippen LogP contribution in [0.1, 0.15) is 41.4 Å². The van der Waals surface area contributed by atoms with Crippen LogP contribution in [0.25, 0.3) is 10.9 Å². The summed E-state index contributed by atoms with van der Waals surface area (Å²) in [4.78, 5) is 21.5. The Labute approximate surface area is 227 Å². The number of anilines is 1. The van der Waals surface area contributed by atoms with Gasteiger partial charge in [-0.15, -0.1) is 5.10 Å². The van der Waals surface area contributed by atoms with Gasteiger partial charge in [-0.1, -0.05) is 18.2 Å². The first-order valence-electron chi connectivity index (χ1n) is 13.7. The third-order valence-corrected chi connectivity index (χ3v) is 7.95. The molecule has 6 rings (SSSR count). The average Bonchev–Trinajstić information content (AvgIpc) is 3.62. The molecular formula is C29H35N7O3. The highest BCUT2D eigenvalue weighted by molar-refractivity contribution is 5.83. The number of ether oxygens (including phenoxy) is 2. The Balaban J connectivity index is 1.38. The molecule has 0 saturated carbocycles. The van der Waals surface area contributed by atoms with Crippen LogP contribution in [-0.2, 0) is 11.3 Å². The summed E-state index contributed by atoms with van der Waals surface area (Å²) >= 11 is 0. The van der Waals surface area contributed by atoms with Gasteiger partial charge in [-0.3, -0.25) is 9.69 Å². The fourth-order valence-corrected chi connectivity index (χ4v) is 6.02. The molecule has 0 spiro atoms. The number of methoxy groups -OCH3 is 1. The fourth-order valence-electron chi connectivity index (χ4n) is 6.02. The van der Waals surface area contributed by atoms with Crippen molar-refractivity contribution in [3.63, 3.8) is 0 Å². The molecule has 204 valence electrons. The van der Waals surface area contributed by atoms with Crippen LogP contribution in [-0.4, -0.2) is 76.1 Å². The Hall–Kier alpha value is -3.76. The number of hydrogen-bond donors (Lipinski definition) is 1. The van der Waals surface area contributed by atoms with E-state index < -0.39 is 6.04 Å². The minimum absolute atomic E-state index is 0.0791. The van der Waals surface area contributed by atoms with Crippen molar-refractivity contribution in [2.75, 3.05) is 44.8 Å². The lowest BCUT2D eigenvalue weighted by atomic mass is 9.99. The van der Waals surface area contributed by atoms with Crippen molar-refractivity contribution in [2.24, 2.45) is 0 Å². The summed E-state index contributed by atoms with van der Waals surface area (Å²) in [6, 6.07) is 13.9. The first-order chi connectivity index (χ1) is 19.0. The van der Waals surface area contributed by atoms with E-state index in [4.69, 9.17) is 9.47 Å². The SMILES string of the molecule is COc1ccccc1N1CCN(C(c2cc3c(C)cc(C)cc3[nH]c2=O)c2nnnn2CC2CCCO2)CC1. The van der Waals surface area contributed by atoms with Gasteiger partial charge in [0.05, 0.1) is 25.4 Å². The van der Waals surface area contributed by atoms with E-state index in [1.807, 2.05) is 41.9 Å². The monoisotopic (exact) mass is 529 g/mol. The number of rotatable bonds is 7. The quantitative estimate of drug-likeness (QED) is 0.390. The van der Waals surface area contributed by atoms with E-state index in [0.717, 1.165) is 79.1 Å². The number of benzene rings is 2. The number of aryl methyl sites for hydroxylation is 2. The van der Waals surface area contributed by atoms with Crippen LogP contribution >= 0.6 is 0 Å². The summed E-state index contributed by atoms with van der Waals surface area (Å²) in [5.41, 5.74) is 4.71. The molecule has 2 atom stereocenters. The number of para-hydroxylation sites is 2. The molecule has 2 aromatic carbocycles. The number of aromatic amines is 1. The van der Waals surface area contributed by atoms with Gasteiger partial charge >= 0.3 is 0 Å². The van der Waals surface area contributed by atoms with Crippen LogP contribution in [0.5, 0.6) is 5.75 Å². The van der Waals surface area contributed by atoms with Gasteiger partial charge < -0.3 is 19.4 Å². The smallest absolute Gasteiger partial charge is 0.253 e. The highest BCUT2D eigenvalue weighted by Gasteiger charge is 2.34. The van der Waals surface area contributed by atoms with Crippen molar-refractivity contribution >= 4 is 16.6 Å². The number of aromatic nitrogens is 5. The van der Waals surface area contributed by atoms with Gasteiger partial charge in [0.25, 0.3) is 5.56 Å².